The fraction of sp³-hybridized carbons (Fsp3) is 0.304. The van der Waals surface area contributed by atoms with Crippen LogP contribution >= 0.6 is 0 Å². The van der Waals surface area contributed by atoms with Gasteiger partial charge < -0.3 is 29.3 Å². The summed E-state index contributed by atoms with van der Waals surface area (Å²) in [5.41, 5.74) is 2.22. The number of nitrogens with zero attached hydrogens (tertiary/aromatic N) is 2. The number of para-hydroxylation sites is 1. The fourth-order valence-electron chi connectivity index (χ4n) is 3.31. The van der Waals surface area contributed by atoms with Crippen LogP contribution in [0.2, 0.25) is 0 Å². The first kappa shape index (κ1) is 22.0. The highest BCUT2D eigenvalue weighted by Gasteiger charge is 2.28. The molecule has 0 aromatic heterocycles. The Balaban J connectivity index is 1.66. The van der Waals surface area contributed by atoms with Gasteiger partial charge in [-0.05, 0) is 24.3 Å². The van der Waals surface area contributed by atoms with E-state index < -0.39 is 0 Å². The number of ether oxygens (including phenoxy) is 3. The van der Waals surface area contributed by atoms with E-state index in [9.17, 15) is 4.79 Å². The van der Waals surface area contributed by atoms with E-state index in [2.05, 4.69) is 17.1 Å². The molecule has 1 aliphatic rings. The third-order valence-corrected chi connectivity index (χ3v) is 4.86. The average Bonchev–Trinajstić information content (AvgIpc) is 3.27. The van der Waals surface area contributed by atoms with Gasteiger partial charge in [0.05, 0.1) is 39.3 Å². The molecule has 0 aliphatic carbocycles. The Hall–Kier alpha value is -3.68. The third kappa shape index (κ3) is 5.28. The topological polar surface area (TPSA) is 81.6 Å². The molecule has 164 valence electrons. The van der Waals surface area contributed by atoms with Gasteiger partial charge in [0.2, 0.25) is 0 Å². The predicted molar refractivity (Wildman–Crippen MR) is 119 cm³/mol. The second-order valence-electron chi connectivity index (χ2n) is 6.86. The number of oxime groups is 1. The van der Waals surface area contributed by atoms with Gasteiger partial charge in [-0.1, -0.05) is 23.4 Å². The Morgan fingerprint density at radius 1 is 1.19 bits per heavy atom. The molecule has 0 bridgehead atoms. The standard InChI is InChI=1S/C23H27N3O5/c1-5-12-26(23(27)24-19-11-10-16(28-2)14-22(19)30-4)15-17-13-20(25-31-17)18-8-6-7-9-21(18)29-3/h5-11,14,17H,1,12-13,15H2,2-4H3,(H,24,27). The van der Waals surface area contributed by atoms with Crippen molar-refractivity contribution in [1.29, 1.82) is 0 Å². The smallest absolute Gasteiger partial charge is 0.322 e. The van der Waals surface area contributed by atoms with Crippen LogP contribution in [0.5, 0.6) is 17.2 Å². The number of urea groups is 1. The molecular formula is C23H27N3O5. The summed E-state index contributed by atoms with van der Waals surface area (Å²) >= 11 is 0. The number of nitrogens with one attached hydrogen (secondary N) is 1. The zero-order valence-corrected chi connectivity index (χ0v) is 18.0. The Morgan fingerprint density at radius 3 is 2.68 bits per heavy atom. The second kappa shape index (κ2) is 10.4. The molecule has 8 nitrogen and oxygen atoms in total. The first-order chi connectivity index (χ1) is 15.1. The number of rotatable bonds is 9. The van der Waals surface area contributed by atoms with Crippen LogP contribution in [0.15, 0.2) is 60.3 Å². The normalized spacial score (nSPS) is 14.8. The summed E-state index contributed by atoms with van der Waals surface area (Å²) in [6.07, 6.45) is 1.96. The van der Waals surface area contributed by atoms with Gasteiger partial charge in [0.15, 0.2) is 6.10 Å². The van der Waals surface area contributed by atoms with E-state index in [0.717, 1.165) is 17.0 Å². The van der Waals surface area contributed by atoms with Crippen LogP contribution < -0.4 is 19.5 Å². The Morgan fingerprint density at radius 2 is 1.97 bits per heavy atom. The van der Waals surface area contributed by atoms with Gasteiger partial charge in [-0.3, -0.25) is 0 Å². The van der Waals surface area contributed by atoms with Crippen LogP contribution in [-0.4, -0.2) is 57.2 Å². The van der Waals surface area contributed by atoms with Gasteiger partial charge >= 0.3 is 6.03 Å². The number of hydrogen-bond acceptors (Lipinski definition) is 6. The molecule has 1 unspecified atom stereocenters. The van der Waals surface area contributed by atoms with Crippen LogP contribution in [0.1, 0.15) is 12.0 Å². The number of carbonyl (C=O) groups excluding carboxylic acids is 1. The Labute approximate surface area is 182 Å². The first-order valence-electron chi connectivity index (χ1n) is 9.84. The SMILES string of the molecule is C=CCN(CC1CC(c2ccccc2OC)=NO1)C(=O)Nc1ccc(OC)cc1OC. The van der Waals surface area contributed by atoms with E-state index >= 15 is 0 Å². The molecule has 8 heteroatoms. The van der Waals surface area contributed by atoms with Gasteiger partial charge in [-0.2, -0.15) is 0 Å². The van der Waals surface area contributed by atoms with Gasteiger partial charge in [-0.25, -0.2) is 4.79 Å². The molecule has 3 rings (SSSR count). The monoisotopic (exact) mass is 425 g/mol. The maximum atomic E-state index is 12.9. The van der Waals surface area contributed by atoms with Crippen molar-refractivity contribution < 1.29 is 23.8 Å². The molecule has 2 aromatic carbocycles. The van der Waals surface area contributed by atoms with E-state index in [-0.39, 0.29) is 12.1 Å². The summed E-state index contributed by atoms with van der Waals surface area (Å²) in [5, 5.41) is 7.10. The molecule has 0 fully saturated rings. The maximum absolute atomic E-state index is 12.9. The number of carbonyl (C=O) groups is 1. The minimum absolute atomic E-state index is 0.275. The van der Waals surface area contributed by atoms with Crippen molar-refractivity contribution in [2.45, 2.75) is 12.5 Å². The predicted octanol–water partition coefficient (Wildman–Crippen LogP) is 3.93. The molecule has 0 saturated carbocycles. The van der Waals surface area contributed by atoms with E-state index in [0.29, 0.717) is 36.7 Å². The lowest BCUT2D eigenvalue weighted by Gasteiger charge is -2.24. The van der Waals surface area contributed by atoms with Gasteiger partial charge in [0.25, 0.3) is 0 Å². The minimum atomic E-state index is -0.294. The highest BCUT2D eigenvalue weighted by Crippen LogP contribution is 2.29. The van der Waals surface area contributed by atoms with Gasteiger partial charge in [-0.15, -0.1) is 6.58 Å². The molecule has 31 heavy (non-hydrogen) atoms. The lowest BCUT2D eigenvalue weighted by molar-refractivity contribution is 0.0645. The summed E-state index contributed by atoms with van der Waals surface area (Å²) < 4.78 is 16.0. The molecule has 1 atom stereocenters. The van der Waals surface area contributed by atoms with Crippen LogP contribution in [0.3, 0.4) is 0 Å². The second-order valence-corrected chi connectivity index (χ2v) is 6.86. The average molecular weight is 425 g/mol. The fourth-order valence-corrected chi connectivity index (χ4v) is 3.31. The number of methoxy groups -OCH3 is 3. The third-order valence-electron chi connectivity index (χ3n) is 4.86. The zero-order chi connectivity index (χ0) is 22.2. The van der Waals surface area contributed by atoms with E-state index in [1.54, 1.807) is 43.4 Å². The summed E-state index contributed by atoms with van der Waals surface area (Å²) in [4.78, 5) is 20.2. The van der Waals surface area contributed by atoms with Crippen LogP contribution in [-0.2, 0) is 4.84 Å². The lowest BCUT2D eigenvalue weighted by Crippen LogP contribution is -2.40. The zero-order valence-electron chi connectivity index (χ0n) is 18.0. The van der Waals surface area contributed by atoms with Crippen molar-refractivity contribution in [3.63, 3.8) is 0 Å². The molecule has 2 aromatic rings. The summed E-state index contributed by atoms with van der Waals surface area (Å²) in [7, 11) is 4.73. The van der Waals surface area contributed by atoms with E-state index in [1.807, 2.05) is 24.3 Å². The van der Waals surface area contributed by atoms with Crippen molar-refractivity contribution in [1.82, 2.24) is 4.90 Å². The van der Waals surface area contributed by atoms with E-state index in [1.165, 1.54) is 7.11 Å². The number of hydrogen-bond donors (Lipinski definition) is 1. The minimum Gasteiger partial charge on any atom is -0.497 e. The van der Waals surface area contributed by atoms with Crippen LogP contribution in [0.4, 0.5) is 10.5 Å². The number of anilines is 1. The number of benzene rings is 2. The van der Waals surface area contributed by atoms with E-state index in [4.69, 9.17) is 19.0 Å². The molecular weight excluding hydrogens is 398 g/mol. The molecule has 0 spiro atoms. The van der Waals surface area contributed by atoms with Crippen molar-refractivity contribution in [2.75, 3.05) is 39.7 Å². The number of amides is 2. The van der Waals surface area contributed by atoms with Crippen molar-refractivity contribution in [3.05, 3.63) is 60.7 Å². The van der Waals surface area contributed by atoms with Crippen LogP contribution in [0, 0.1) is 0 Å². The van der Waals surface area contributed by atoms with Crippen molar-refractivity contribution >= 4 is 17.4 Å². The van der Waals surface area contributed by atoms with Gasteiger partial charge in [0, 0.05) is 24.6 Å². The highest BCUT2D eigenvalue weighted by molar-refractivity contribution is 6.03. The largest absolute Gasteiger partial charge is 0.497 e. The first-order valence-corrected chi connectivity index (χ1v) is 9.84. The summed E-state index contributed by atoms with van der Waals surface area (Å²) in [6.45, 7) is 4.46. The molecule has 1 aliphatic heterocycles. The highest BCUT2D eigenvalue weighted by atomic mass is 16.6. The summed E-state index contributed by atoms with van der Waals surface area (Å²) in [6, 6.07) is 12.5. The lowest BCUT2D eigenvalue weighted by atomic mass is 10.0. The van der Waals surface area contributed by atoms with Crippen molar-refractivity contribution in [2.24, 2.45) is 5.16 Å². The molecule has 2 amide bonds. The Bertz CT molecular complexity index is 960. The maximum Gasteiger partial charge on any atom is 0.322 e. The molecule has 0 radical (unpaired) electrons. The quantitative estimate of drug-likeness (QED) is 0.616. The molecule has 0 saturated heterocycles. The molecule has 1 heterocycles. The van der Waals surface area contributed by atoms with Crippen LogP contribution in [0.25, 0.3) is 0 Å². The molecule has 1 N–H and O–H groups in total. The van der Waals surface area contributed by atoms with Crippen molar-refractivity contribution in [3.8, 4) is 17.2 Å². The summed E-state index contributed by atoms with van der Waals surface area (Å²) in [5.74, 6) is 1.88. The van der Waals surface area contributed by atoms with Gasteiger partial charge in [0.1, 0.15) is 17.2 Å². The Kier molecular flexibility index (Phi) is 7.37.